The molecule has 8 nitrogen and oxygen atoms in total. The summed E-state index contributed by atoms with van der Waals surface area (Å²) in [5, 5.41) is 21.5. The summed E-state index contributed by atoms with van der Waals surface area (Å²) in [6, 6.07) is 1.16. The molecular weight excluding hydrogens is 476 g/mol. The third-order valence-electron chi connectivity index (χ3n) is 8.12. The van der Waals surface area contributed by atoms with Crippen molar-refractivity contribution in [3.05, 3.63) is 52.1 Å². The number of hydrogen-bond donors (Lipinski definition) is 2. The highest BCUT2D eigenvalue weighted by atomic mass is 16.6. The van der Waals surface area contributed by atoms with E-state index in [1.807, 2.05) is 39.8 Å². The Morgan fingerprint density at radius 2 is 1.81 bits per heavy atom. The molecule has 1 aromatic carbocycles. The maximum absolute atomic E-state index is 14.1. The van der Waals surface area contributed by atoms with E-state index < -0.39 is 40.7 Å². The van der Waals surface area contributed by atoms with Crippen LogP contribution in [0.15, 0.2) is 41.0 Å². The number of allylic oxidation sites excluding steroid dienone is 4. The molecule has 1 saturated carbocycles. The number of rotatable bonds is 6. The van der Waals surface area contributed by atoms with E-state index >= 15 is 0 Å². The molecule has 5 atom stereocenters. The molecule has 1 saturated heterocycles. The Hall–Kier alpha value is -3.39. The van der Waals surface area contributed by atoms with Crippen molar-refractivity contribution >= 4 is 17.5 Å². The van der Waals surface area contributed by atoms with Crippen LogP contribution in [0.3, 0.4) is 0 Å². The number of ketones is 2. The smallest absolute Gasteiger partial charge is 0.302 e. The average molecular weight is 509 g/mol. The Morgan fingerprint density at radius 3 is 2.46 bits per heavy atom. The maximum Gasteiger partial charge on any atom is 0.302 e. The van der Waals surface area contributed by atoms with E-state index in [0.29, 0.717) is 5.56 Å². The second-order valence-corrected chi connectivity index (χ2v) is 10.9. The molecule has 2 fully saturated rings. The monoisotopic (exact) mass is 508 g/mol. The van der Waals surface area contributed by atoms with Crippen molar-refractivity contribution in [1.82, 2.24) is 0 Å². The number of fused-ring (bicyclic) bond motifs is 1. The number of Topliss-reactive ketones (excluding diaryl/α,β-unsaturated/α-hetero) is 2. The molecule has 8 heteroatoms. The van der Waals surface area contributed by atoms with Crippen molar-refractivity contribution in [2.45, 2.75) is 58.7 Å². The average Bonchev–Trinajstić information content (AvgIpc) is 3.09. The second-order valence-electron chi connectivity index (χ2n) is 10.9. The zero-order chi connectivity index (χ0) is 26.9. The van der Waals surface area contributed by atoms with Gasteiger partial charge in [0, 0.05) is 48.3 Å². The molecule has 5 aliphatic rings. The molecule has 3 aliphatic carbocycles. The molecule has 1 aromatic rings. The van der Waals surface area contributed by atoms with E-state index in [-0.39, 0.29) is 60.2 Å². The molecule has 6 rings (SSSR count). The van der Waals surface area contributed by atoms with Gasteiger partial charge in [-0.05, 0) is 34.1 Å². The van der Waals surface area contributed by atoms with Crippen LogP contribution >= 0.6 is 0 Å². The first kappa shape index (κ1) is 25.3. The maximum atomic E-state index is 14.1. The highest BCUT2D eigenvalue weighted by molar-refractivity contribution is 6.18. The minimum Gasteiger partial charge on any atom is -0.507 e. The molecule has 0 radical (unpaired) electrons. The molecule has 0 aromatic heterocycles. The largest absolute Gasteiger partial charge is 0.507 e. The zero-order valence-corrected chi connectivity index (χ0v) is 21.7. The van der Waals surface area contributed by atoms with Crippen molar-refractivity contribution in [2.75, 3.05) is 13.2 Å². The van der Waals surface area contributed by atoms with Gasteiger partial charge in [0.25, 0.3) is 0 Å². The predicted octanol–water partition coefficient (Wildman–Crippen LogP) is 3.98. The number of phenols is 2. The Labute approximate surface area is 215 Å². The molecule has 196 valence electrons. The Balaban J connectivity index is 1.76. The molecule has 37 heavy (non-hydrogen) atoms. The molecule has 0 amide bonds. The van der Waals surface area contributed by atoms with Gasteiger partial charge in [-0.15, -0.1) is 0 Å². The van der Waals surface area contributed by atoms with Crippen molar-refractivity contribution in [2.24, 2.45) is 17.8 Å². The van der Waals surface area contributed by atoms with Gasteiger partial charge >= 0.3 is 5.97 Å². The normalized spacial score (nSPS) is 30.6. The first-order valence-corrected chi connectivity index (χ1v) is 12.6. The Bertz CT molecular complexity index is 1310. The molecule has 1 spiro atoms. The van der Waals surface area contributed by atoms with Crippen LogP contribution in [-0.2, 0) is 25.5 Å². The number of carbonyl (C=O) groups is 3. The number of esters is 1. The fraction of sp³-hybridized carbons (Fsp3) is 0.483. The fourth-order valence-corrected chi connectivity index (χ4v) is 6.42. The third-order valence-corrected chi connectivity index (χ3v) is 8.12. The number of ether oxygens (including phenoxy) is 3. The lowest BCUT2D eigenvalue weighted by atomic mass is 9.49. The van der Waals surface area contributed by atoms with Crippen LogP contribution < -0.4 is 4.74 Å². The SMILES string of the molecule is CC(=O)OC[C@@H]1[C@H]2CO[C@@]3(CC=C(C)C)C(=O)[C@@H]1C=C1C(=O)c4c(O)cc(O)c(CC=C(C)C)c4O[C@]123. The summed E-state index contributed by atoms with van der Waals surface area (Å²) >= 11 is 0. The van der Waals surface area contributed by atoms with Gasteiger partial charge in [-0.25, -0.2) is 0 Å². The van der Waals surface area contributed by atoms with Gasteiger partial charge in [0.05, 0.1) is 13.2 Å². The van der Waals surface area contributed by atoms with Crippen LogP contribution in [0.1, 0.15) is 57.0 Å². The van der Waals surface area contributed by atoms with E-state index in [9.17, 15) is 24.6 Å². The van der Waals surface area contributed by atoms with Crippen LogP contribution in [0.2, 0.25) is 0 Å². The number of hydrogen-bond acceptors (Lipinski definition) is 8. The van der Waals surface area contributed by atoms with Gasteiger partial charge in [-0.3, -0.25) is 14.4 Å². The quantitative estimate of drug-likeness (QED) is 0.438. The van der Waals surface area contributed by atoms with Crippen LogP contribution in [0.5, 0.6) is 17.2 Å². The molecule has 0 unspecified atom stereocenters. The number of benzene rings is 1. The minimum atomic E-state index is -1.49. The minimum absolute atomic E-state index is 0.00958. The first-order chi connectivity index (χ1) is 17.4. The van der Waals surface area contributed by atoms with Gasteiger partial charge in [-0.2, -0.15) is 0 Å². The molecule has 2 N–H and O–H groups in total. The van der Waals surface area contributed by atoms with Gasteiger partial charge in [0.15, 0.2) is 22.8 Å². The summed E-state index contributed by atoms with van der Waals surface area (Å²) in [7, 11) is 0. The van der Waals surface area contributed by atoms with Crippen LogP contribution in [0.25, 0.3) is 0 Å². The standard InChI is InChI=1S/C29H32O8/c1-14(2)6-7-17-22(31)11-23(32)24-25(33)20-10-18-19(12-35-16(5)30)21-13-36-28(27(18)34,9-8-15(3)4)29(20,21)37-26(17)24/h6,8,10-11,18-19,21,31-32H,7,9,12-13H2,1-5H3/t18-,19+,21-,28+,29-/m1/s1. The lowest BCUT2D eigenvalue weighted by Crippen LogP contribution is -2.74. The molecule has 2 aliphatic heterocycles. The summed E-state index contributed by atoms with van der Waals surface area (Å²) in [5.74, 6) is -3.25. The van der Waals surface area contributed by atoms with Crippen molar-refractivity contribution < 1.29 is 38.8 Å². The van der Waals surface area contributed by atoms with Crippen molar-refractivity contribution in [3.8, 4) is 17.2 Å². The lowest BCUT2D eigenvalue weighted by Gasteiger charge is -2.58. The zero-order valence-electron chi connectivity index (χ0n) is 21.7. The first-order valence-electron chi connectivity index (χ1n) is 12.6. The highest BCUT2D eigenvalue weighted by Gasteiger charge is 2.79. The lowest BCUT2D eigenvalue weighted by molar-refractivity contribution is -0.174. The van der Waals surface area contributed by atoms with Crippen LogP contribution in [0, 0.1) is 17.8 Å². The second kappa shape index (κ2) is 8.58. The summed E-state index contributed by atoms with van der Waals surface area (Å²) in [5.41, 5.74) is -0.360. The van der Waals surface area contributed by atoms with Crippen LogP contribution in [-0.4, -0.2) is 52.2 Å². The van der Waals surface area contributed by atoms with Gasteiger partial charge < -0.3 is 24.4 Å². The van der Waals surface area contributed by atoms with Gasteiger partial charge in [0.1, 0.15) is 22.8 Å². The Morgan fingerprint density at radius 1 is 1.11 bits per heavy atom. The fourth-order valence-electron chi connectivity index (χ4n) is 6.42. The number of carbonyl (C=O) groups excluding carboxylic acids is 3. The number of aromatic hydroxyl groups is 2. The predicted molar refractivity (Wildman–Crippen MR) is 134 cm³/mol. The van der Waals surface area contributed by atoms with Crippen molar-refractivity contribution in [3.63, 3.8) is 0 Å². The number of phenolic OH excluding ortho intramolecular Hbond substituents is 2. The molecule has 2 heterocycles. The summed E-state index contributed by atoms with van der Waals surface area (Å²) in [6.07, 6.45) is 5.88. The third kappa shape index (κ3) is 3.41. The van der Waals surface area contributed by atoms with Gasteiger partial charge in [0.2, 0.25) is 0 Å². The van der Waals surface area contributed by atoms with E-state index in [4.69, 9.17) is 14.2 Å². The Kier molecular flexibility index (Phi) is 5.86. The van der Waals surface area contributed by atoms with E-state index in [1.54, 1.807) is 6.08 Å². The summed E-state index contributed by atoms with van der Waals surface area (Å²) in [6.45, 7) is 9.11. The van der Waals surface area contributed by atoms with Crippen molar-refractivity contribution in [1.29, 1.82) is 0 Å². The van der Waals surface area contributed by atoms with E-state index in [2.05, 4.69) is 0 Å². The highest BCUT2D eigenvalue weighted by Crippen LogP contribution is 2.65. The van der Waals surface area contributed by atoms with E-state index in [0.717, 1.165) is 17.2 Å². The van der Waals surface area contributed by atoms with Crippen LogP contribution in [0.4, 0.5) is 0 Å². The van der Waals surface area contributed by atoms with E-state index in [1.165, 1.54) is 6.92 Å². The molecule has 4 bridgehead atoms. The molecular formula is C29H32O8. The van der Waals surface area contributed by atoms with Gasteiger partial charge in [-0.1, -0.05) is 29.4 Å². The summed E-state index contributed by atoms with van der Waals surface area (Å²) < 4.78 is 18.5. The summed E-state index contributed by atoms with van der Waals surface area (Å²) in [4.78, 5) is 39.8. The topological polar surface area (TPSA) is 119 Å².